The molecule has 38 heteroatoms. The van der Waals surface area contributed by atoms with Gasteiger partial charge in [0.2, 0.25) is 0 Å². The van der Waals surface area contributed by atoms with Gasteiger partial charge < -0.3 is 178 Å². The van der Waals surface area contributed by atoms with Crippen LogP contribution in [0.4, 0.5) is 0 Å². The molecule has 21 aliphatic rings. The van der Waals surface area contributed by atoms with E-state index in [9.17, 15) is 117 Å². The molecule has 38 nitrogen and oxygen atoms in total. The highest BCUT2D eigenvalue weighted by Gasteiger charge is 2.60. The van der Waals surface area contributed by atoms with Crippen molar-refractivity contribution in [2.45, 2.75) is 312 Å². The first-order valence-corrected chi connectivity index (χ1v) is 34.2. The Labute approximate surface area is 574 Å². The van der Waals surface area contributed by atoms with Gasteiger partial charge in [-0.2, -0.15) is 0 Å². The van der Waals surface area contributed by atoms with Crippen LogP contribution in [0.3, 0.4) is 0 Å². The Morgan fingerprint density at radius 2 is 0.550 bits per heavy atom. The fourth-order valence-corrected chi connectivity index (χ4v) is 13.5. The second-order valence-electron chi connectivity index (χ2n) is 26.4. The summed E-state index contributed by atoms with van der Waals surface area (Å²) in [7, 11) is 0. The van der Waals surface area contributed by atoms with Crippen molar-refractivity contribution in [1.82, 2.24) is 0 Å². The lowest BCUT2D eigenvalue weighted by atomic mass is 9.95. The van der Waals surface area contributed by atoms with E-state index < -0.39 is 285 Å². The third-order valence-corrected chi connectivity index (χ3v) is 19.3. The third kappa shape index (κ3) is 19.9. The second-order valence-corrected chi connectivity index (χ2v) is 26.4. The molecule has 36 atom stereocenters. The molecule has 3 unspecified atom stereocenters. The molecule has 21 aliphatic heterocycles. The average Bonchev–Trinajstić information content (AvgIpc) is 0.776. The Morgan fingerprint density at radius 3 is 0.790 bits per heavy atom. The highest BCUT2D eigenvalue weighted by molar-refractivity contribution is 5.79. The first-order valence-electron chi connectivity index (χ1n) is 34.2. The molecule has 21 N–H and O–H groups in total. The summed E-state index contributed by atoms with van der Waals surface area (Å²) < 4.78 is 86.9. The highest BCUT2D eigenvalue weighted by atomic mass is 16.8. The fourth-order valence-electron chi connectivity index (χ4n) is 13.5. The number of aliphatic hydroxyl groups is 20. The van der Waals surface area contributed by atoms with Crippen LogP contribution in [-0.4, -0.2) is 380 Å². The van der Waals surface area contributed by atoms with Crippen LogP contribution >= 0.6 is 0 Å². The number of hydrogen-bond acceptors (Lipinski definition) is 37. The first-order chi connectivity index (χ1) is 47.9. The number of unbranched alkanes of at least 4 members (excludes halogenated alkanes) is 11. The minimum Gasteiger partial charge on any atom is -0.481 e. The van der Waals surface area contributed by atoms with Gasteiger partial charge in [0.05, 0.1) is 52.0 Å². The normalized spacial score (nSPS) is 45.7. The van der Waals surface area contributed by atoms with Gasteiger partial charge in [0.15, 0.2) is 44.0 Å². The van der Waals surface area contributed by atoms with Crippen LogP contribution in [0.1, 0.15) is 96.8 Å². The average molecular weight is 1460 g/mol. The van der Waals surface area contributed by atoms with Gasteiger partial charge in [0.25, 0.3) is 0 Å². The number of ether oxygens (including phenoxy) is 15. The van der Waals surface area contributed by atoms with Crippen LogP contribution in [0.5, 0.6) is 0 Å². The lowest BCUT2D eigenvalue weighted by Crippen LogP contribution is -2.68. The number of carboxylic acid groups (broad SMARTS) is 1. The maximum atomic E-state index is 13.9. The fraction of sp³-hybridized carbons (Fsp3) is 0.935. The van der Waals surface area contributed by atoms with Crippen molar-refractivity contribution in [3.8, 4) is 0 Å². The van der Waals surface area contributed by atoms with Crippen LogP contribution in [0.25, 0.3) is 0 Å². The smallest absolute Gasteiger partial charge is 0.309 e. The van der Waals surface area contributed by atoms with E-state index in [2.05, 4.69) is 6.92 Å². The molecule has 0 aromatic carbocycles. The zero-order valence-corrected chi connectivity index (χ0v) is 55.1. The van der Waals surface area contributed by atoms with E-state index in [0.717, 1.165) is 32.1 Å². The Morgan fingerprint density at radius 1 is 0.320 bits per heavy atom. The lowest BCUT2D eigenvalue weighted by Gasteiger charge is -2.50. The van der Waals surface area contributed by atoms with Gasteiger partial charge >= 0.3 is 11.9 Å². The van der Waals surface area contributed by atoms with E-state index in [1.54, 1.807) is 6.08 Å². The minimum absolute atomic E-state index is 0.117. The Hall–Kier alpha value is -2.68. The number of carboxylic acids is 1. The molecule has 21 rings (SSSR count). The zero-order chi connectivity index (χ0) is 72.8. The van der Waals surface area contributed by atoms with E-state index in [4.69, 9.17) is 71.1 Å². The molecule has 21 fully saturated rings. The van der Waals surface area contributed by atoms with E-state index in [1.807, 2.05) is 6.08 Å². The van der Waals surface area contributed by atoms with Crippen molar-refractivity contribution in [2.24, 2.45) is 5.92 Å². The monoisotopic (exact) mass is 1460 g/mol. The molecule has 0 saturated carbocycles. The Bertz CT molecular complexity index is 2430. The largest absolute Gasteiger partial charge is 0.481 e. The van der Waals surface area contributed by atoms with Crippen molar-refractivity contribution in [1.29, 1.82) is 0 Å². The summed E-state index contributed by atoms with van der Waals surface area (Å²) in [4.78, 5) is 26.0. The van der Waals surface area contributed by atoms with Crippen LogP contribution < -0.4 is 0 Å². The summed E-state index contributed by atoms with van der Waals surface area (Å²) >= 11 is 0. The van der Waals surface area contributed by atoms with Gasteiger partial charge in [-0.15, -0.1) is 0 Å². The molecule has 21 saturated heterocycles. The van der Waals surface area contributed by atoms with E-state index >= 15 is 0 Å². The number of aliphatic carboxylic acids is 1. The van der Waals surface area contributed by atoms with E-state index in [0.29, 0.717) is 6.42 Å². The minimum atomic E-state index is -2.35. The maximum Gasteiger partial charge on any atom is 0.309 e. The second kappa shape index (κ2) is 39.3. The van der Waals surface area contributed by atoms with Crippen molar-refractivity contribution < 1.29 is 188 Å². The van der Waals surface area contributed by atoms with Gasteiger partial charge in [0, 0.05) is 0 Å². The summed E-state index contributed by atoms with van der Waals surface area (Å²) in [6, 6.07) is 0. The van der Waals surface area contributed by atoms with Crippen molar-refractivity contribution in [2.75, 3.05) is 46.2 Å². The molecule has 580 valence electrons. The molecular formula is C62H104O38. The molecule has 100 heavy (non-hydrogen) atoms. The van der Waals surface area contributed by atoms with Crippen molar-refractivity contribution in [3.05, 3.63) is 12.2 Å². The van der Waals surface area contributed by atoms with Gasteiger partial charge in [-0.25, -0.2) is 0 Å². The third-order valence-electron chi connectivity index (χ3n) is 19.3. The number of rotatable bonds is 25. The van der Waals surface area contributed by atoms with Crippen LogP contribution in [0, 0.1) is 5.92 Å². The van der Waals surface area contributed by atoms with E-state index in [-0.39, 0.29) is 6.42 Å². The molecule has 0 amide bonds. The summed E-state index contributed by atoms with van der Waals surface area (Å²) in [6.45, 7) is -5.39. The molecule has 0 aromatic rings. The quantitative estimate of drug-likeness (QED) is 0.0229. The molecule has 0 spiro atoms. The standard InChI is InChI=1S/C62H104O38/c1-2-3-4-5-6-7-8-9-10-11-12-13-14-15-16-25(17-33(69)70)55(85)86-24-32-54-40(77)47(84)62(93-32)99-53-31(23-68)91-60(45(82)38(53)75)97-51-29(21-66)89-58(43(80)36(51)73)95-49-27(19-64)87-56(41(78)34(49)71)94-48-26(18-63)88-57(42(79)35(48)72)96-50-28(20-65)90-59(44(81)37(50)74)98-52-30(22-67)92-61(100-54)46(83)39(52)76/h14-15,25-32,34-54,56-68,71-84H,2-13,16-24H2,1H3,(H,69,70)/b15-14+/t25?,26-,27-,28-,29-,30-,31-,32-,34-,35-,36-,37-,38-,39-,40-,41?,42-,43-,44-,45-,46?,47-,48-,49-,50-,51-,52-,53-,54-,56-,57-,58-,59-,60-,61-,62-/m1/s1. The maximum absolute atomic E-state index is 13.9. The molecule has 14 bridgehead atoms. The summed E-state index contributed by atoms with van der Waals surface area (Å²) in [5.74, 6) is -3.82. The summed E-state index contributed by atoms with van der Waals surface area (Å²) in [6.07, 6.45) is -57.4. The number of carbonyl (C=O) groups excluding carboxylic acids is 1. The van der Waals surface area contributed by atoms with Crippen LogP contribution in [0.15, 0.2) is 12.2 Å². The summed E-state index contributed by atoms with van der Waals surface area (Å²) in [5, 5.41) is 235. The van der Waals surface area contributed by atoms with Crippen LogP contribution in [0.2, 0.25) is 0 Å². The molecule has 21 heterocycles. The molecule has 0 radical (unpaired) electrons. The predicted molar refractivity (Wildman–Crippen MR) is 323 cm³/mol. The van der Waals surface area contributed by atoms with Gasteiger partial charge in [-0.1, -0.05) is 83.3 Å². The van der Waals surface area contributed by atoms with Gasteiger partial charge in [0.1, 0.15) is 178 Å². The molecular weight excluding hydrogens is 1350 g/mol. The number of allylic oxidation sites excluding steroid dienone is 2. The first kappa shape index (κ1) is 83.0. The SMILES string of the molecule is CCCCCCCCCCCCC/C=C/CC(CC(=O)O)C(=O)OC[C@H]1O[C@@H]2O[C@H]3[C@H](O)[C@@H](O)[C@@H](O[C@H]4[C@H](O)[C@@H](O)[C@@H](O[C@H]5[C@H](O)C(O)[C@@H](O[C@H]6[C@H](O)[C@@H](O)[C@@H](O[C@H]7[C@H](O)[C@@H](O)[C@@H](O[C@H]8[C@H](O)C(O)[C@@H](O[C@H]1[C@H](O)[C@H]2O)O[C@@H]8CO)O[C@@H]7CO)O[C@@H]6CO)O[C@@H]5CO)O[C@@H]4CO)O[C@@H]3CO. The summed E-state index contributed by atoms with van der Waals surface area (Å²) in [5.41, 5.74) is 0. The topological polar surface area (TPSA) is 597 Å². The molecule has 0 aromatic heterocycles. The Balaban J connectivity index is 1.05. The highest BCUT2D eigenvalue weighted by Crippen LogP contribution is 2.39. The van der Waals surface area contributed by atoms with Gasteiger partial charge in [-0.3, -0.25) is 9.59 Å². The zero-order valence-electron chi connectivity index (χ0n) is 55.1. The Kier molecular flexibility index (Phi) is 32.6. The number of carbonyl (C=O) groups is 2. The van der Waals surface area contributed by atoms with Crippen molar-refractivity contribution in [3.63, 3.8) is 0 Å². The number of esters is 1. The lowest BCUT2D eigenvalue weighted by molar-refractivity contribution is -0.396. The molecule has 0 aliphatic carbocycles. The predicted octanol–water partition coefficient (Wildman–Crippen LogP) is -8.94. The van der Waals surface area contributed by atoms with Crippen molar-refractivity contribution >= 4 is 11.9 Å². The van der Waals surface area contributed by atoms with Crippen LogP contribution in [-0.2, 0) is 80.6 Å². The number of aliphatic hydroxyl groups excluding tert-OH is 20. The number of hydrogen-bond donors (Lipinski definition) is 21. The van der Waals surface area contributed by atoms with E-state index in [1.165, 1.54) is 38.5 Å². The van der Waals surface area contributed by atoms with Gasteiger partial charge in [-0.05, 0) is 19.3 Å².